The molecule has 11 heteroatoms. The van der Waals surface area contributed by atoms with Crippen LogP contribution in [0.3, 0.4) is 0 Å². The molecule has 2 amide bonds. The number of thiazole rings is 1. The van der Waals surface area contributed by atoms with E-state index >= 15 is 0 Å². The average Bonchev–Trinajstić information content (AvgIpc) is 3.43. The van der Waals surface area contributed by atoms with Gasteiger partial charge >= 0.3 is 0 Å². The summed E-state index contributed by atoms with van der Waals surface area (Å²) >= 11 is 7.32. The Morgan fingerprint density at radius 3 is 2.71 bits per heavy atom. The number of hydrogen-bond acceptors (Lipinski definition) is 7. The molecular weight excluding hydrogens is 526 g/mol. The van der Waals surface area contributed by atoms with Crippen molar-refractivity contribution >= 4 is 51.3 Å². The SMILES string of the molecule is CN(Cc1cc2c3c(c1)c(=O)c(C(=O)NCc1ccc(Cl)cc1)cn3CC(=O)N2C)C[C@H](O)c1nccs1. The summed E-state index contributed by atoms with van der Waals surface area (Å²) in [5.74, 6) is -0.669. The fourth-order valence-corrected chi connectivity index (χ4v) is 5.36. The molecule has 0 saturated heterocycles. The monoisotopic (exact) mass is 551 g/mol. The number of amides is 2. The third-order valence-electron chi connectivity index (χ3n) is 6.54. The van der Waals surface area contributed by atoms with Crippen molar-refractivity contribution in [2.75, 3.05) is 25.5 Å². The number of nitrogens with zero attached hydrogens (tertiary/aromatic N) is 4. The van der Waals surface area contributed by atoms with E-state index in [0.29, 0.717) is 39.7 Å². The lowest BCUT2D eigenvalue weighted by atomic mass is 10.0. The molecule has 38 heavy (non-hydrogen) atoms. The Balaban J connectivity index is 1.47. The summed E-state index contributed by atoms with van der Waals surface area (Å²) in [6.45, 7) is 1.01. The Labute approximate surface area is 227 Å². The molecule has 1 aliphatic rings. The summed E-state index contributed by atoms with van der Waals surface area (Å²) in [5, 5.41) is 16.7. The van der Waals surface area contributed by atoms with Gasteiger partial charge in [-0.25, -0.2) is 4.98 Å². The highest BCUT2D eigenvalue weighted by Gasteiger charge is 2.27. The Hall–Kier alpha value is -3.57. The van der Waals surface area contributed by atoms with Crippen molar-refractivity contribution in [1.29, 1.82) is 0 Å². The first-order valence-corrected chi connectivity index (χ1v) is 13.2. The highest BCUT2D eigenvalue weighted by atomic mass is 35.5. The zero-order chi connectivity index (χ0) is 27.0. The molecule has 0 aliphatic carbocycles. The molecule has 0 saturated carbocycles. The summed E-state index contributed by atoms with van der Waals surface area (Å²) in [4.78, 5) is 47.1. The third kappa shape index (κ3) is 5.21. The van der Waals surface area contributed by atoms with Gasteiger partial charge in [0.2, 0.25) is 11.3 Å². The lowest BCUT2D eigenvalue weighted by Gasteiger charge is -2.29. The number of likely N-dealkylation sites (N-methyl/N-ethyl adjacent to an activating group) is 2. The van der Waals surface area contributed by atoms with Crippen LogP contribution in [0.25, 0.3) is 10.9 Å². The van der Waals surface area contributed by atoms with Gasteiger partial charge in [0.25, 0.3) is 5.91 Å². The number of halogens is 1. The van der Waals surface area contributed by atoms with Crippen LogP contribution in [0.4, 0.5) is 5.69 Å². The summed E-state index contributed by atoms with van der Waals surface area (Å²) in [6.07, 6.45) is 2.38. The molecule has 2 N–H and O–H groups in total. The fraction of sp³-hybridized carbons (Fsp3) is 0.259. The molecule has 0 unspecified atom stereocenters. The molecule has 1 aliphatic heterocycles. The van der Waals surface area contributed by atoms with Crippen LogP contribution in [0.5, 0.6) is 0 Å². The van der Waals surface area contributed by atoms with Crippen LogP contribution in [0.2, 0.25) is 5.02 Å². The Kier molecular flexibility index (Phi) is 7.31. The van der Waals surface area contributed by atoms with Gasteiger partial charge in [0.05, 0.1) is 11.2 Å². The molecular formula is C27H26ClN5O4S. The largest absolute Gasteiger partial charge is 0.385 e. The van der Waals surface area contributed by atoms with Crippen molar-refractivity contribution in [2.24, 2.45) is 0 Å². The van der Waals surface area contributed by atoms with Crippen LogP contribution in [0.1, 0.15) is 32.6 Å². The number of hydrogen-bond donors (Lipinski definition) is 2. The van der Waals surface area contributed by atoms with Gasteiger partial charge in [0.15, 0.2) is 0 Å². The molecule has 2 aromatic heterocycles. The molecule has 0 spiro atoms. The molecule has 4 aromatic rings. The fourth-order valence-electron chi connectivity index (χ4n) is 4.62. The minimum Gasteiger partial charge on any atom is -0.385 e. The Morgan fingerprint density at radius 1 is 1.24 bits per heavy atom. The molecule has 5 rings (SSSR count). The predicted molar refractivity (Wildman–Crippen MR) is 148 cm³/mol. The molecule has 196 valence electrons. The molecule has 9 nitrogen and oxygen atoms in total. The molecule has 0 bridgehead atoms. The number of aliphatic hydroxyl groups excluding tert-OH is 1. The maximum Gasteiger partial charge on any atom is 0.257 e. The van der Waals surface area contributed by atoms with Gasteiger partial charge in [-0.05, 0) is 42.4 Å². The average molecular weight is 552 g/mol. The lowest BCUT2D eigenvalue weighted by Crippen LogP contribution is -2.37. The second-order valence-corrected chi connectivity index (χ2v) is 10.7. The zero-order valence-corrected chi connectivity index (χ0v) is 22.4. The van der Waals surface area contributed by atoms with Crippen LogP contribution < -0.4 is 15.6 Å². The predicted octanol–water partition coefficient (Wildman–Crippen LogP) is 3.18. The summed E-state index contributed by atoms with van der Waals surface area (Å²) in [6, 6.07) is 10.7. The van der Waals surface area contributed by atoms with Crippen molar-refractivity contribution in [2.45, 2.75) is 25.7 Å². The third-order valence-corrected chi connectivity index (χ3v) is 7.67. The second-order valence-electron chi connectivity index (χ2n) is 9.36. The van der Waals surface area contributed by atoms with Gasteiger partial charge in [-0.2, -0.15) is 0 Å². The number of rotatable bonds is 8. The Bertz CT molecular complexity index is 1570. The van der Waals surface area contributed by atoms with Crippen LogP contribution in [0, 0.1) is 0 Å². The lowest BCUT2D eigenvalue weighted by molar-refractivity contribution is -0.119. The smallest absolute Gasteiger partial charge is 0.257 e. The van der Waals surface area contributed by atoms with Crippen molar-refractivity contribution in [3.05, 3.63) is 91.1 Å². The molecule has 3 heterocycles. The molecule has 0 radical (unpaired) electrons. The van der Waals surface area contributed by atoms with Gasteiger partial charge in [0, 0.05) is 54.9 Å². The van der Waals surface area contributed by atoms with Gasteiger partial charge in [-0.15, -0.1) is 11.3 Å². The Morgan fingerprint density at radius 2 is 2.00 bits per heavy atom. The van der Waals surface area contributed by atoms with E-state index in [1.807, 2.05) is 23.4 Å². The highest BCUT2D eigenvalue weighted by molar-refractivity contribution is 7.09. The van der Waals surface area contributed by atoms with Crippen LogP contribution in [-0.4, -0.2) is 52.0 Å². The second kappa shape index (κ2) is 10.7. The normalized spacial score (nSPS) is 13.8. The molecule has 0 fully saturated rings. The number of carbonyl (C=O) groups excluding carboxylic acids is 2. The van der Waals surface area contributed by atoms with Gasteiger partial charge in [-0.3, -0.25) is 19.3 Å². The van der Waals surface area contributed by atoms with E-state index in [1.54, 1.807) is 48.1 Å². The minimum absolute atomic E-state index is 0.0248. The highest BCUT2D eigenvalue weighted by Crippen LogP contribution is 2.31. The van der Waals surface area contributed by atoms with E-state index < -0.39 is 17.4 Å². The van der Waals surface area contributed by atoms with E-state index in [9.17, 15) is 19.5 Å². The number of benzene rings is 2. The van der Waals surface area contributed by atoms with Crippen LogP contribution in [-0.2, 0) is 24.4 Å². The minimum atomic E-state index is -0.740. The standard InChI is InChI=1S/C27H26ClN5O4S/c1-31(14-22(34)27-29-7-8-38-27)12-17-9-19-24-21(10-17)32(2)23(35)15-33(24)13-20(25(19)36)26(37)30-11-16-3-5-18(28)6-4-16/h3-10,13,22,34H,11-12,14-15H2,1-2H3,(H,30,37)/t22-/m0/s1. The van der Waals surface area contributed by atoms with Gasteiger partial charge < -0.3 is 19.9 Å². The van der Waals surface area contributed by atoms with E-state index in [2.05, 4.69) is 10.3 Å². The number of pyridine rings is 1. The van der Waals surface area contributed by atoms with E-state index in [1.165, 1.54) is 22.4 Å². The summed E-state index contributed by atoms with van der Waals surface area (Å²) < 4.78 is 1.67. The van der Waals surface area contributed by atoms with Crippen LogP contribution >= 0.6 is 22.9 Å². The molecule has 2 aromatic carbocycles. The van der Waals surface area contributed by atoms with Gasteiger partial charge in [0.1, 0.15) is 23.2 Å². The summed E-state index contributed by atoms with van der Waals surface area (Å²) in [7, 11) is 3.54. The van der Waals surface area contributed by atoms with Crippen molar-refractivity contribution in [3.63, 3.8) is 0 Å². The first-order valence-electron chi connectivity index (χ1n) is 12.0. The number of nitrogens with one attached hydrogen (secondary N) is 1. The van der Waals surface area contributed by atoms with Crippen molar-refractivity contribution in [3.8, 4) is 0 Å². The molecule has 1 atom stereocenters. The first kappa shape index (κ1) is 26.1. The number of aliphatic hydroxyl groups is 1. The van der Waals surface area contributed by atoms with E-state index in [0.717, 1.165) is 11.1 Å². The summed E-state index contributed by atoms with van der Waals surface area (Å²) in [5.41, 5.74) is 2.41. The number of anilines is 1. The van der Waals surface area contributed by atoms with Crippen molar-refractivity contribution < 1.29 is 14.7 Å². The van der Waals surface area contributed by atoms with Gasteiger partial charge in [-0.1, -0.05) is 23.7 Å². The van der Waals surface area contributed by atoms with E-state index in [4.69, 9.17) is 11.6 Å². The topological polar surface area (TPSA) is 108 Å². The maximum absolute atomic E-state index is 13.6. The number of aromatic nitrogens is 2. The quantitative estimate of drug-likeness (QED) is 0.348. The number of carbonyl (C=O) groups is 2. The van der Waals surface area contributed by atoms with Crippen molar-refractivity contribution in [1.82, 2.24) is 19.8 Å². The maximum atomic E-state index is 13.6. The van der Waals surface area contributed by atoms with E-state index in [-0.39, 0.29) is 24.6 Å². The first-order chi connectivity index (χ1) is 18.2. The zero-order valence-electron chi connectivity index (χ0n) is 20.8. The van der Waals surface area contributed by atoms with Crippen LogP contribution in [0.15, 0.2) is 59.0 Å².